The Balaban J connectivity index is 0.00000338. The summed E-state index contributed by atoms with van der Waals surface area (Å²) < 4.78 is 15.9. The molecule has 8 heteroatoms. The molecule has 142 valence electrons. The van der Waals surface area contributed by atoms with E-state index in [9.17, 15) is 0 Å². The van der Waals surface area contributed by atoms with Gasteiger partial charge in [-0.1, -0.05) is 11.6 Å². The number of hydrogen-bond donors (Lipinski definition) is 2. The van der Waals surface area contributed by atoms with Crippen molar-refractivity contribution in [2.24, 2.45) is 10.7 Å². The van der Waals surface area contributed by atoms with Crippen LogP contribution in [0.5, 0.6) is 17.2 Å². The molecule has 2 aromatic rings. The van der Waals surface area contributed by atoms with Gasteiger partial charge < -0.3 is 25.3 Å². The third-order valence-electron chi connectivity index (χ3n) is 3.37. The number of ether oxygens (including phenoxy) is 3. The first-order valence-corrected chi connectivity index (χ1v) is 8.15. The molecule has 0 fully saturated rings. The molecule has 26 heavy (non-hydrogen) atoms. The van der Waals surface area contributed by atoms with Gasteiger partial charge in [0.25, 0.3) is 0 Å². The van der Waals surface area contributed by atoms with E-state index in [-0.39, 0.29) is 24.0 Å². The zero-order chi connectivity index (χ0) is 18.2. The Morgan fingerprint density at radius 1 is 1.15 bits per heavy atom. The van der Waals surface area contributed by atoms with Crippen molar-refractivity contribution in [3.8, 4) is 17.2 Å². The Bertz CT molecular complexity index is 739. The molecule has 0 aromatic heterocycles. The molecular weight excluding hydrogens is 469 g/mol. The van der Waals surface area contributed by atoms with Crippen LogP contribution in [0.1, 0.15) is 12.5 Å². The fourth-order valence-corrected chi connectivity index (χ4v) is 2.47. The van der Waals surface area contributed by atoms with E-state index in [1.165, 1.54) is 0 Å². The summed E-state index contributed by atoms with van der Waals surface area (Å²) in [5, 5.41) is 3.50. The minimum absolute atomic E-state index is 0. The zero-order valence-corrected chi connectivity index (χ0v) is 18.0. The second-order valence-corrected chi connectivity index (χ2v) is 5.50. The largest absolute Gasteiger partial charge is 0.497 e. The first kappa shape index (κ1) is 22.2. The molecule has 0 saturated heterocycles. The van der Waals surface area contributed by atoms with Crippen molar-refractivity contribution < 1.29 is 14.2 Å². The lowest BCUT2D eigenvalue weighted by Gasteiger charge is -2.12. The summed E-state index contributed by atoms with van der Waals surface area (Å²) in [6.45, 7) is 2.75. The molecule has 0 aliphatic rings. The highest BCUT2D eigenvalue weighted by Crippen LogP contribution is 2.36. The summed E-state index contributed by atoms with van der Waals surface area (Å²) in [6, 6.07) is 11.0. The molecule has 0 spiro atoms. The molecule has 3 N–H and O–H groups in total. The van der Waals surface area contributed by atoms with Crippen LogP contribution in [-0.4, -0.2) is 26.8 Å². The summed E-state index contributed by atoms with van der Waals surface area (Å²) >= 11 is 6.25. The monoisotopic (exact) mass is 491 g/mol. The van der Waals surface area contributed by atoms with Crippen molar-refractivity contribution in [2.45, 2.75) is 13.5 Å². The third-order valence-corrected chi connectivity index (χ3v) is 3.65. The predicted molar refractivity (Wildman–Crippen MR) is 117 cm³/mol. The average molecular weight is 492 g/mol. The average Bonchev–Trinajstić information content (AvgIpc) is 2.62. The van der Waals surface area contributed by atoms with E-state index in [4.69, 9.17) is 31.5 Å². The molecule has 2 rings (SSSR count). The normalized spacial score (nSPS) is 10.7. The van der Waals surface area contributed by atoms with Crippen molar-refractivity contribution >= 4 is 47.2 Å². The molecule has 6 nitrogen and oxygen atoms in total. The van der Waals surface area contributed by atoms with Crippen molar-refractivity contribution in [1.82, 2.24) is 0 Å². The molecule has 0 atom stereocenters. The smallest absolute Gasteiger partial charge is 0.193 e. The Labute approximate surface area is 175 Å². The number of guanidine groups is 1. The number of aliphatic imine (C=N–C) groups is 1. The minimum Gasteiger partial charge on any atom is -0.497 e. The quantitative estimate of drug-likeness (QED) is 0.343. The molecule has 2 aromatic carbocycles. The van der Waals surface area contributed by atoms with Gasteiger partial charge in [-0.15, -0.1) is 24.0 Å². The van der Waals surface area contributed by atoms with Crippen molar-refractivity contribution in [3.05, 3.63) is 47.0 Å². The Morgan fingerprint density at radius 3 is 2.42 bits per heavy atom. The number of anilines is 1. The number of nitrogens with one attached hydrogen (secondary N) is 1. The first-order chi connectivity index (χ1) is 12.1. The van der Waals surface area contributed by atoms with E-state index in [0.29, 0.717) is 35.6 Å². The lowest BCUT2D eigenvalue weighted by molar-refractivity contribution is 0.311. The SMILES string of the molecule is CCOc1c(Cl)cc(CN=C(N)Nc2ccc(OC)cc2)cc1OC.I. The second-order valence-electron chi connectivity index (χ2n) is 5.10. The fraction of sp³-hybridized carbons (Fsp3) is 0.278. The number of rotatable bonds is 7. The topological polar surface area (TPSA) is 78.1 Å². The first-order valence-electron chi connectivity index (χ1n) is 7.77. The molecular formula is C18H23ClIN3O3. The summed E-state index contributed by atoms with van der Waals surface area (Å²) in [5.41, 5.74) is 7.62. The third kappa shape index (κ3) is 6.14. The molecule has 0 aliphatic heterocycles. The van der Waals surface area contributed by atoms with Crippen LogP contribution in [0.2, 0.25) is 5.02 Å². The van der Waals surface area contributed by atoms with Gasteiger partial charge in [0.05, 0.1) is 32.4 Å². The number of benzene rings is 2. The summed E-state index contributed by atoms with van der Waals surface area (Å²) in [6.07, 6.45) is 0. The minimum atomic E-state index is 0. The summed E-state index contributed by atoms with van der Waals surface area (Å²) in [7, 11) is 3.19. The van der Waals surface area contributed by atoms with Crippen LogP contribution in [0.4, 0.5) is 5.69 Å². The molecule has 0 amide bonds. The summed E-state index contributed by atoms with van der Waals surface area (Å²) in [4.78, 5) is 4.32. The highest BCUT2D eigenvalue weighted by atomic mass is 127. The molecule has 0 saturated carbocycles. The van der Waals surface area contributed by atoms with Crippen LogP contribution >= 0.6 is 35.6 Å². The van der Waals surface area contributed by atoms with Gasteiger partial charge in [0.15, 0.2) is 17.5 Å². The van der Waals surface area contributed by atoms with Gasteiger partial charge in [-0.25, -0.2) is 4.99 Å². The van der Waals surface area contributed by atoms with Gasteiger partial charge in [-0.3, -0.25) is 0 Å². The zero-order valence-electron chi connectivity index (χ0n) is 14.9. The Kier molecular flexibility index (Phi) is 9.36. The molecule has 0 radical (unpaired) electrons. The van der Waals surface area contributed by atoms with Gasteiger partial charge >= 0.3 is 0 Å². The van der Waals surface area contributed by atoms with E-state index in [0.717, 1.165) is 17.0 Å². The van der Waals surface area contributed by atoms with E-state index >= 15 is 0 Å². The predicted octanol–water partition coefficient (Wildman–Crippen LogP) is 4.30. The lowest BCUT2D eigenvalue weighted by atomic mass is 10.2. The van der Waals surface area contributed by atoms with Crippen LogP contribution < -0.4 is 25.3 Å². The maximum absolute atomic E-state index is 6.25. The van der Waals surface area contributed by atoms with E-state index < -0.39 is 0 Å². The van der Waals surface area contributed by atoms with Gasteiger partial charge in [0, 0.05) is 5.69 Å². The standard InChI is InChI=1S/C18H22ClN3O3.HI/c1-4-25-17-15(19)9-12(10-16(17)24-3)11-21-18(20)22-13-5-7-14(23-2)8-6-13;/h5-10H,4,11H2,1-3H3,(H3,20,21,22);1H. The van der Waals surface area contributed by atoms with Crippen molar-refractivity contribution in [2.75, 3.05) is 26.1 Å². The van der Waals surface area contributed by atoms with Crippen LogP contribution in [0, 0.1) is 0 Å². The number of halogens is 2. The maximum Gasteiger partial charge on any atom is 0.193 e. The van der Waals surface area contributed by atoms with E-state index in [1.807, 2.05) is 37.3 Å². The van der Waals surface area contributed by atoms with Crippen LogP contribution in [-0.2, 0) is 6.54 Å². The van der Waals surface area contributed by atoms with Gasteiger partial charge in [0.2, 0.25) is 0 Å². The number of nitrogens with zero attached hydrogens (tertiary/aromatic N) is 1. The Morgan fingerprint density at radius 2 is 1.85 bits per heavy atom. The molecule has 0 bridgehead atoms. The molecule has 0 heterocycles. The second kappa shape index (κ2) is 11.0. The van der Waals surface area contributed by atoms with Gasteiger partial charge in [-0.2, -0.15) is 0 Å². The van der Waals surface area contributed by atoms with Gasteiger partial charge in [0.1, 0.15) is 5.75 Å². The molecule has 0 unspecified atom stereocenters. The highest BCUT2D eigenvalue weighted by molar-refractivity contribution is 14.0. The maximum atomic E-state index is 6.25. The lowest BCUT2D eigenvalue weighted by Crippen LogP contribution is -2.22. The summed E-state index contributed by atoms with van der Waals surface area (Å²) in [5.74, 6) is 2.18. The van der Waals surface area contributed by atoms with Crippen LogP contribution in [0.3, 0.4) is 0 Å². The van der Waals surface area contributed by atoms with E-state index in [1.54, 1.807) is 20.3 Å². The Hall–Kier alpha value is -1.87. The van der Waals surface area contributed by atoms with Crippen LogP contribution in [0.15, 0.2) is 41.4 Å². The highest BCUT2D eigenvalue weighted by Gasteiger charge is 2.11. The van der Waals surface area contributed by atoms with Crippen molar-refractivity contribution in [1.29, 1.82) is 0 Å². The van der Waals surface area contributed by atoms with Crippen LogP contribution in [0.25, 0.3) is 0 Å². The number of methoxy groups -OCH3 is 2. The number of hydrogen-bond acceptors (Lipinski definition) is 4. The van der Waals surface area contributed by atoms with Gasteiger partial charge in [-0.05, 0) is 48.9 Å². The fourth-order valence-electron chi connectivity index (χ4n) is 2.19. The number of nitrogens with two attached hydrogens (primary N) is 1. The van der Waals surface area contributed by atoms with E-state index in [2.05, 4.69) is 10.3 Å². The van der Waals surface area contributed by atoms with Crippen molar-refractivity contribution in [3.63, 3.8) is 0 Å². The molecule has 0 aliphatic carbocycles.